The van der Waals surface area contributed by atoms with E-state index in [-0.39, 0.29) is 24.2 Å². The van der Waals surface area contributed by atoms with Crippen LogP contribution < -0.4 is 14.4 Å². The first-order valence-corrected chi connectivity index (χ1v) is 10.2. The van der Waals surface area contributed by atoms with E-state index >= 15 is 0 Å². The minimum atomic E-state index is -3.55. The molecule has 1 heterocycles. The Morgan fingerprint density at radius 1 is 1.26 bits per heavy atom. The molecule has 0 aliphatic carbocycles. The maximum Gasteiger partial charge on any atom is 0.263 e. The van der Waals surface area contributed by atoms with E-state index in [1.165, 1.54) is 16.4 Å². The smallest absolute Gasteiger partial charge is 0.263 e. The van der Waals surface area contributed by atoms with Crippen molar-refractivity contribution < 1.29 is 22.3 Å². The predicted molar refractivity (Wildman–Crippen MR) is 101 cm³/mol. The second-order valence-corrected chi connectivity index (χ2v) is 8.47. The highest BCUT2D eigenvalue weighted by Crippen LogP contribution is 2.35. The molecule has 2 aromatic carbocycles. The molecule has 144 valence electrons. The van der Waals surface area contributed by atoms with Gasteiger partial charge in [-0.15, -0.1) is 0 Å². The Kier molecular flexibility index (Phi) is 5.36. The van der Waals surface area contributed by atoms with Crippen molar-refractivity contribution in [2.75, 3.05) is 16.6 Å². The van der Waals surface area contributed by atoms with Crippen LogP contribution in [-0.4, -0.2) is 32.7 Å². The van der Waals surface area contributed by atoms with E-state index in [1.807, 2.05) is 0 Å². The number of benzene rings is 2. The van der Waals surface area contributed by atoms with Crippen LogP contribution in [0.25, 0.3) is 0 Å². The summed E-state index contributed by atoms with van der Waals surface area (Å²) in [5.41, 5.74) is 1.16. The molecule has 0 radical (unpaired) electrons. The summed E-state index contributed by atoms with van der Waals surface area (Å²) in [5.74, 6) is -0.528. The van der Waals surface area contributed by atoms with Gasteiger partial charge in [-0.1, -0.05) is 24.3 Å². The zero-order valence-corrected chi connectivity index (χ0v) is 15.9. The molecule has 1 aliphatic heterocycles. The molecule has 1 N–H and O–H groups in total. The Morgan fingerprint density at radius 3 is 2.59 bits per heavy atom. The Labute approximate surface area is 158 Å². The lowest BCUT2D eigenvalue weighted by Gasteiger charge is -2.35. The third kappa shape index (κ3) is 4.05. The maximum absolute atomic E-state index is 13.1. The van der Waals surface area contributed by atoms with Gasteiger partial charge < -0.3 is 10.1 Å². The van der Waals surface area contributed by atoms with E-state index in [9.17, 15) is 17.6 Å². The zero-order chi connectivity index (χ0) is 19.6. The van der Waals surface area contributed by atoms with Gasteiger partial charge in [0.1, 0.15) is 11.6 Å². The lowest BCUT2D eigenvalue weighted by molar-refractivity contribution is -0.128. The summed E-state index contributed by atoms with van der Waals surface area (Å²) < 4.78 is 45.0. The van der Waals surface area contributed by atoms with E-state index in [1.54, 1.807) is 50.2 Å². The topological polar surface area (TPSA) is 75.7 Å². The number of anilines is 1. The van der Waals surface area contributed by atoms with Crippen molar-refractivity contribution in [3.05, 3.63) is 59.9 Å². The highest BCUT2D eigenvalue weighted by Gasteiger charge is 2.36. The number of ether oxygens (including phenoxy) is 1. The van der Waals surface area contributed by atoms with E-state index in [0.29, 0.717) is 11.4 Å². The van der Waals surface area contributed by atoms with Gasteiger partial charge in [0, 0.05) is 0 Å². The molecule has 0 spiro atoms. The van der Waals surface area contributed by atoms with Gasteiger partial charge in [0.25, 0.3) is 5.91 Å². The number of amides is 1. The predicted octanol–water partition coefficient (Wildman–Crippen LogP) is 2.62. The van der Waals surface area contributed by atoms with Crippen LogP contribution in [0.15, 0.2) is 48.5 Å². The molecule has 0 saturated heterocycles. The van der Waals surface area contributed by atoms with Gasteiger partial charge in [0.2, 0.25) is 10.0 Å². The molecule has 0 bridgehead atoms. The average Bonchev–Trinajstić information content (AvgIpc) is 2.67. The highest BCUT2D eigenvalue weighted by atomic mass is 32.2. The van der Waals surface area contributed by atoms with Gasteiger partial charge in [-0.25, -0.2) is 12.8 Å². The van der Waals surface area contributed by atoms with Crippen LogP contribution in [0.4, 0.5) is 10.1 Å². The largest absolute Gasteiger partial charge is 0.476 e. The molecule has 2 aromatic rings. The van der Waals surface area contributed by atoms with Crippen molar-refractivity contribution in [3.63, 3.8) is 0 Å². The SMILES string of the molecule is CCS(=O)(=O)N1CC(C(=O)NC(C)c2ccc(F)cc2)Oc2ccccc21. The fraction of sp³-hybridized carbons (Fsp3) is 0.316. The summed E-state index contributed by atoms with van der Waals surface area (Å²) in [6.07, 6.45) is -0.982. The summed E-state index contributed by atoms with van der Waals surface area (Å²) in [4.78, 5) is 12.7. The van der Waals surface area contributed by atoms with Gasteiger partial charge in [0.15, 0.2) is 6.10 Å². The van der Waals surface area contributed by atoms with Crippen molar-refractivity contribution in [1.29, 1.82) is 0 Å². The van der Waals surface area contributed by atoms with E-state index < -0.39 is 22.0 Å². The van der Waals surface area contributed by atoms with Crippen LogP contribution >= 0.6 is 0 Å². The van der Waals surface area contributed by atoms with Crippen LogP contribution in [0.2, 0.25) is 0 Å². The Morgan fingerprint density at radius 2 is 1.93 bits per heavy atom. The lowest BCUT2D eigenvalue weighted by atomic mass is 10.1. The Balaban J connectivity index is 1.80. The summed E-state index contributed by atoms with van der Waals surface area (Å²) in [6, 6.07) is 12.2. The second-order valence-electron chi connectivity index (χ2n) is 6.29. The number of carbonyl (C=O) groups is 1. The number of nitrogens with zero attached hydrogens (tertiary/aromatic N) is 1. The fourth-order valence-electron chi connectivity index (χ4n) is 2.90. The zero-order valence-electron chi connectivity index (χ0n) is 15.1. The molecule has 8 heteroatoms. The first kappa shape index (κ1) is 19.2. The van der Waals surface area contributed by atoms with Crippen LogP contribution in [0.1, 0.15) is 25.5 Å². The number of carbonyl (C=O) groups excluding carboxylic acids is 1. The quantitative estimate of drug-likeness (QED) is 0.849. The number of fused-ring (bicyclic) bond motifs is 1. The molecular formula is C19H21FN2O4S. The van der Waals surface area contributed by atoms with Gasteiger partial charge in [-0.2, -0.15) is 0 Å². The number of hydrogen-bond acceptors (Lipinski definition) is 4. The third-order valence-electron chi connectivity index (χ3n) is 4.46. The normalized spacial score (nSPS) is 17.6. The summed E-state index contributed by atoms with van der Waals surface area (Å²) >= 11 is 0. The summed E-state index contributed by atoms with van der Waals surface area (Å²) in [7, 11) is -3.55. The van der Waals surface area contributed by atoms with E-state index in [4.69, 9.17) is 4.74 Å². The molecule has 3 rings (SSSR count). The molecule has 6 nitrogen and oxygen atoms in total. The molecule has 0 saturated carbocycles. The first-order valence-electron chi connectivity index (χ1n) is 8.63. The van der Waals surface area contributed by atoms with Crippen molar-refractivity contribution in [3.8, 4) is 5.75 Å². The maximum atomic E-state index is 13.1. The second kappa shape index (κ2) is 7.56. The first-order chi connectivity index (χ1) is 12.8. The minimum absolute atomic E-state index is 0.0817. The van der Waals surface area contributed by atoms with Crippen LogP contribution in [0, 0.1) is 5.82 Å². The van der Waals surface area contributed by atoms with Crippen LogP contribution in [0.3, 0.4) is 0 Å². The molecule has 0 aromatic heterocycles. The average molecular weight is 392 g/mol. The van der Waals surface area contributed by atoms with Crippen LogP contribution in [-0.2, 0) is 14.8 Å². The van der Waals surface area contributed by atoms with Gasteiger partial charge in [-0.3, -0.25) is 9.10 Å². The van der Waals surface area contributed by atoms with Crippen molar-refractivity contribution in [2.24, 2.45) is 0 Å². The minimum Gasteiger partial charge on any atom is -0.476 e. The number of rotatable bonds is 5. The molecule has 27 heavy (non-hydrogen) atoms. The van der Waals surface area contributed by atoms with Crippen molar-refractivity contribution in [1.82, 2.24) is 5.32 Å². The Bertz CT molecular complexity index is 931. The third-order valence-corrected chi connectivity index (χ3v) is 6.20. The molecule has 1 amide bonds. The summed E-state index contributed by atoms with van der Waals surface area (Å²) in [5, 5.41) is 2.80. The molecule has 0 fully saturated rings. The molecule has 2 unspecified atom stereocenters. The standard InChI is InChI=1S/C19H21FN2O4S/c1-3-27(24,25)22-12-18(26-17-7-5-4-6-16(17)22)19(23)21-13(2)14-8-10-15(20)11-9-14/h4-11,13,18H,3,12H2,1-2H3,(H,21,23). The highest BCUT2D eigenvalue weighted by molar-refractivity contribution is 7.92. The molecular weight excluding hydrogens is 371 g/mol. The number of hydrogen-bond donors (Lipinski definition) is 1. The van der Waals surface area contributed by atoms with Gasteiger partial charge in [-0.05, 0) is 43.7 Å². The van der Waals surface area contributed by atoms with Crippen molar-refractivity contribution in [2.45, 2.75) is 26.0 Å². The van der Waals surface area contributed by atoms with Crippen molar-refractivity contribution >= 4 is 21.6 Å². The number of para-hydroxylation sites is 2. The monoisotopic (exact) mass is 392 g/mol. The van der Waals surface area contributed by atoms with Gasteiger partial charge >= 0.3 is 0 Å². The summed E-state index contributed by atoms with van der Waals surface area (Å²) in [6.45, 7) is 3.22. The van der Waals surface area contributed by atoms with E-state index in [2.05, 4.69) is 5.32 Å². The number of nitrogens with one attached hydrogen (secondary N) is 1. The number of halogens is 1. The molecule has 1 aliphatic rings. The fourth-order valence-corrected chi connectivity index (χ4v) is 4.02. The van der Waals surface area contributed by atoms with Gasteiger partial charge in [0.05, 0.1) is 24.0 Å². The molecule has 2 atom stereocenters. The van der Waals surface area contributed by atoms with Crippen LogP contribution in [0.5, 0.6) is 5.75 Å². The lowest BCUT2D eigenvalue weighted by Crippen LogP contribution is -2.51. The Hall–Kier alpha value is -2.61. The van der Waals surface area contributed by atoms with E-state index in [0.717, 1.165) is 5.56 Å². The number of sulfonamides is 1.